The third-order valence-electron chi connectivity index (χ3n) is 11.3. The minimum atomic E-state index is -4.49. The molecule has 0 amide bonds. The van der Waals surface area contributed by atoms with Crippen LogP contribution in [0.25, 0.3) is 15.7 Å². The molecular weight excluding hydrogens is 673 g/mol. The molecule has 0 aliphatic heterocycles. The van der Waals surface area contributed by atoms with Crippen molar-refractivity contribution < 1.29 is 27.9 Å². The maximum absolute atomic E-state index is 14.2. The van der Waals surface area contributed by atoms with Crippen LogP contribution in [0.4, 0.5) is 5.69 Å². The molecule has 0 unspecified atom stereocenters. The molecule has 2 aliphatic carbocycles. The molecule has 0 spiro atoms. The van der Waals surface area contributed by atoms with Crippen molar-refractivity contribution in [3.05, 3.63) is 123 Å². The molecule has 0 bridgehead atoms. The summed E-state index contributed by atoms with van der Waals surface area (Å²) in [5, 5.41) is 45.0. The second kappa shape index (κ2) is 14.5. The standard InChI is InChI=1S/C43H44N2O6S/c1-26-22-38(46)35(28-12-5-3-6-13-28)24-33(26)42(34-25-36(39(47)23-27(34)2)29-14-7-4-8-15-29)32-16-9-10-18-40(32)51-52(49,50)41-19-11-17-31-30(41)20-21-37(45-44)43(31)48/h9-11,16-25,28-29,42H,3-8,12-15H2,1-2H3,(H2-,46,47,48). The van der Waals surface area contributed by atoms with Gasteiger partial charge in [-0.2, -0.15) is 8.42 Å². The van der Waals surface area contributed by atoms with Gasteiger partial charge in [0.25, 0.3) is 0 Å². The number of fused-ring (bicyclic) bond motifs is 1. The lowest BCUT2D eigenvalue weighted by molar-refractivity contribution is -0.264. The summed E-state index contributed by atoms with van der Waals surface area (Å²) in [6, 6.07) is 22.0. The van der Waals surface area contributed by atoms with E-state index in [1.165, 1.54) is 43.2 Å². The first kappa shape index (κ1) is 35.3. The predicted octanol–water partition coefficient (Wildman–Crippen LogP) is 10.5. The largest absolute Gasteiger partial charge is 0.867 e. The number of para-hydroxylation sites is 1. The molecule has 52 heavy (non-hydrogen) atoms. The molecule has 268 valence electrons. The van der Waals surface area contributed by atoms with Gasteiger partial charge in [0.2, 0.25) is 5.39 Å². The summed E-state index contributed by atoms with van der Waals surface area (Å²) in [6.07, 6.45) is 10.7. The van der Waals surface area contributed by atoms with Crippen LogP contribution < -0.4 is 9.29 Å². The summed E-state index contributed by atoms with van der Waals surface area (Å²) in [7, 11) is -4.49. The van der Waals surface area contributed by atoms with Gasteiger partial charge >= 0.3 is 15.8 Å². The third kappa shape index (κ3) is 6.68. The van der Waals surface area contributed by atoms with E-state index >= 15 is 0 Å². The molecule has 0 saturated heterocycles. The van der Waals surface area contributed by atoms with E-state index in [2.05, 4.69) is 17.1 Å². The van der Waals surface area contributed by atoms with E-state index in [0.29, 0.717) is 5.56 Å². The molecule has 0 heterocycles. The Balaban J connectivity index is 1.41. The van der Waals surface area contributed by atoms with Crippen molar-refractivity contribution in [3.8, 4) is 23.0 Å². The number of phenolic OH excluding ortho intramolecular Hbond substituents is 2. The van der Waals surface area contributed by atoms with Crippen LogP contribution >= 0.6 is 0 Å². The Labute approximate surface area is 305 Å². The zero-order chi connectivity index (χ0) is 36.6. The molecular formula is C43H44N2O6S. The Bertz CT molecular complexity index is 2230. The van der Waals surface area contributed by atoms with Crippen LogP contribution in [0.3, 0.4) is 0 Å². The normalized spacial score (nSPS) is 15.9. The van der Waals surface area contributed by atoms with Crippen LogP contribution in [0.15, 0.2) is 83.8 Å². The maximum Gasteiger partial charge on any atom is 0.378 e. The lowest BCUT2D eigenvalue weighted by Gasteiger charge is -2.30. The number of diazo groups is 1. The van der Waals surface area contributed by atoms with E-state index in [9.17, 15) is 29.1 Å². The van der Waals surface area contributed by atoms with Gasteiger partial charge in [0.15, 0.2) is 4.98 Å². The highest BCUT2D eigenvalue weighted by Gasteiger charge is 2.31. The van der Waals surface area contributed by atoms with Gasteiger partial charge in [-0.3, -0.25) is 0 Å². The molecule has 2 N–H and O–H groups in total. The van der Waals surface area contributed by atoms with Crippen LogP contribution in [0.1, 0.15) is 121 Å². The van der Waals surface area contributed by atoms with Crippen molar-refractivity contribution in [2.45, 2.75) is 101 Å². The zero-order valence-corrected chi connectivity index (χ0v) is 30.5. The van der Waals surface area contributed by atoms with Crippen molar-refractivity contribution in [2.75, 3.05) is 0 Å². The second-order valence-corrected chi connectivity index (χ2v) is 16.1. The van der Waals surface area contributed by atoms with Crippen LogP contribution in [0.2, 0.25) is 0 Å². The lowest BCUT2D eigenvalue weighted by Crippen LogP contribution is -2.15. The van der Waals surface area contributed by atoms with Gasteiger partial charge in [-0.15, -0.1) is 0 Å². The number of hydrogen-bond acceptors (Lipinski definition) is 7. The summed E-state index contributed by atoms with van der Waals surface area (Å²) in [6.45, 7) is 3.93. The molecule has 5 aromatic carbocycles. The van der Waals surface area contributed by atoms with Gasteiger partial charge in [0.05, 0.1) is 0 Å². The maximum atomic E-state index is 14.2. The van der Waals surface area contributed by atoms with E-state index in [-0.39, 0.29) is 50.4 Å². The fraction of sp³-hybridized carbons (Fsp3) is 0.349. The molecule has 0 aromatic heterocycles. The third-order valence-corrected chi connectivity index (χ3v) is 12.6. The van der Waals surface area contributed by atoms with Gasteiger partial charge in [0, 0.05) is 22.9 Å². The van der Waals surface area contributed by atoms with E-state index < -0.39 is 21.8 Å². The quantitative estimate of drug-likeness (QED) is 0.0927. The molecule has 2 fully saturated rings. The van der Waals surface area contributed by atoms with Gasteiger partial charge in [-0.05, 0) is 126 Å². The molecule has 9 heteroatoms. The number of benzene rings is 5. The minimum absolute atomic E-state index is 0.0936. The van der Waals surface area contributed by atoms with Gasteiger partial charge in [-0.25, -0.2) is 0 Å². The van der Waals surface area contributed by atoms with E-state index in [1.54, 1.807) is 12.1 Å². The van der Waals surface area contributed by atoms with Crippen LogP contribution in [-0.2, 0) is 10.1 Å². The first-order valence-corrected chi connectivity index (χ1v) is 19.8. The molecule has 8 nitrogen and oxygen atoms in total. The van der Waals surface area contributed by atoms with Crippen LogP contribution in [-0.4, -0.2) is 18.6 Å². The Morgan fingerprint density at radius 1 is 0.712 bits per heavy atom. The smallest absolute Gasteiger partial charge is 0.378 e. The SMILES string of the molecule is Cc1cc(O)c(C2CCCCC2)cc1C(c1cc(C2CCCCC2)c(O)cc1C)c1ccccc1OS(=O)(=O)c1cccc2c([O-])c([N+]#N)ccc12. The predicted molar refractivity (Wildman–Crippen MR) is 201 cm³/mol. The first-order chi connectivity index (χ1) is 25.1. The molecule has 2 aliphatic rings. The highest BCUT2D eigenvalue weighted by Crippen LogP contribution is 2.48. The van der Waals surface area contributed by atoms with E-state index in [1.807, 2.05) is 38.1 Å². The van der Waals surface area contributed by atoms with Crippen molar-refractivity contribution in [3.63, 3.8) is 0 Å². The van der Waals surface area contributed by atoms with Crippen molar-refractivity contribution in [1.82, 2.24) is 0 Å². The van der Waals surface area contributed by atoms with Crippen molar-refractivity contribution in [2.24, 2.45) is 0 Å². The topological polar surface area (TPSA) is 135 Å². The Morgan fingerprint density at radius 2 is 1.27 bits per heavy atom. The Kier molecular flexibility index (Phi) is 9.86. The minimum Gasteiger partial charge on any atom is -0.867 e. The van der Waals surface area contributed by atoms with E-state index in [4.69, 9.17) is 4.18 Å². The first-order valence-electron chi connectivity index (χ1n) is 18.4. The lowest BCUT2D eigenvalue weighted by atomic mass is 9.75. The number of aryl methyl sites for hydroxylation is 2. The Hall–Kier alpha value is -5.07. The fourth-order valence-corrected chi connectivity index (χ4v) is 9.77. The number of aromatic hydroxyl groups is 2. The summed E-state index contributed by atoms with van der Waals surface area (Å²) in [5.74, 6) is 0.0153. The highest BCUT2D eigenvalue weighted by atomic mass is 32.2. The average Bonchev–Trinajstić information content (AvgIpc) is 3.14. The van der Waals surface area contributed by atoms with Crippen molar-refractivity contribution in [1.29, 1.82) is 5.39 Å². The Morgan fingerprint density at radius 3 is 1.83 bits per heavy atom. The molecule has 2 saturated carbocycles. The number of phenols is 2. The number of nitrogens with zero attached hydrogens (tertiary/aromatic N) is 2. The zero-order valence-electron chi connectivity index (χ0n) is 29.6. The molecule has 5 aromatic rings. The molecule has 7 rings (SSSR count). The number of hydrogen-bond donors (Lipinski definition) is 2. The van der Waals surface area contributed by atoms with Gasteiger partial charge < -0.3 is 19.5 Å². The highest BCUT2D eigenvalue weighted by molar-refractivity contribution is 7.87. The summed E-state index contributed by atoms with van der Waals surface area (Å²) < 4.78 is 34.5. The van der Waals surface area contributed by atoms with E-state index in [0.717, 1.165) is 84.7 Å². The molecule has 0 atom stereocenters. The average molecular weight is 717 g/mol. The summed E-state index contributed by atoms with van der Waals surface area (Å²) in [4.78, 5) is 2.86. The fourth-order valence-electron chi connectivity index (χ4n) is 8.60. The van der Waals surface area contributed by atoms with Gasteiger partial charge in [-0.1, -0.05) is 81.0 Å². The summed E-state index contributed by atoms with van der Waals surface area (Å²) in [5.41, 5.74) is 5.79. The second-order valence-electron chi connectivity index (χ2n) is 14.6. The van der Waals surface area contributed by atoms with Crippen LogP contribution in [0, 0.1) is 19.2 Å². The van der Waals surface area contributed by atoms with Crippen LogP contribution in [0.5, 0.6) is 23.0 Å². The summed E-state index contributed by atoms with van der Waals surface area (Å²) >= 11 is 0. The van der Waals surface area contributed by atoms with Gasteiger partial charge in [0.1, 0.15) is 22.1 Å². The monoisotopic (exact) mass is 716 g/mol. The van der Waals surface area contributed by atoms with Crippen molar-refractivity contribution >= 4 is 26.6 Å². The number of rotatable bonds is 8. The molecule has 0 radical (unpaired) electrons.